The van der Waals surface area contributed by atoms with Crippen LogP contribution in [0.4, 0.5) is 0 Å². The van der Waals surface area contributed by atoms with Crippen LogP contribution in [0.5, 0.6) is 11.5 Å². The number of esters is 1. The molecule has 0 aliphatic heterocycles. The minimum absolute atomic E-state index is 0.0550. The van der Waals surface area contributed by atoms with E-state index in [0.717, 1.165) is 35.7 Å². The molecular weight excluding hydrogens is 458 g/mol. The van der Waals surface area contributed by atoms with E-state index in [1.807, 2.05) is 30.3 Å². The minimum Gasteiger partial charge on any atom is -0.489 e. The molecule has 0 aliphatic rings. The van der Waals surface area contributed by atoms with Gasteiger partial charge in [0.05, 0.1) is 17.3 Å². The van der Waals surface area contributed by atoms with E-state index in [0.29, 0.717) is 24.4 Å². The number of allylic oxidation sites excluding steroid dienone is 3. The summed E-state index contributed by atoms with van der Waals surface area (Å²) in [6, 6.07) is 16.6. The number of rotatable bonds is 14. The van der Waals surface area contributed by atoms with Crippen LogP contribution in [0.25, 0.3) is 0 Å². The first kappa shape index (κ1) is 26.4. The van der Waals surface area contributed by atoms with Crippen molar-refractivity contribution >= 4 is 35.7 Å². The van der Waals surface area contributed by atoms with Crippen molar-refractivity contribution < 1.29 is 33.4 Å². The number of hydrogen-bond donors (Lipinski definition) is 1. The number of thioether (sulfide) groups is 1. The quantitative estimate of drug-likeness (QED) is 0.248. The second-order valence-corrected chi connectivity index (χ2v) is 7.58. The van der Waals surface area contributed by atoms with Crippen molar-refractivity contribution in [1.29, 1.82) is 0 Å². The molecule has 0 spiro atoms. The van der Waals surface area contributed by atoms with Gasteiger partial charge in [0.2, 0.25) is 0 Å². The van der Waals surface area contributed by atoms with E-state index in [1.165, 1.54) is 0 Å². The molecule has 0 saturated carbocycles. The first-order valence-corrected chi connectivity index (χ1v) is 11.3. The van der Waals surface area contributed by atoms with E-state index in [1.54, 1.807) is 31.2 Å². The number of aldehydes is 1. The Hall–Kier alpha value is -3.85. The smallest absolute Gasteiger partial charge is 0.316 e. The predicted molar refractivity (Wildman–Crippen MR) is 128 cm³/mol. The zero-order chi connectivity index (χ0) is 24.6. The van der Waals surface area contributed by atoms with Gasteiger partial charge in [0.15, 0.2) is 12.4 Å². The number of ether oxygens (including phenoxy) is 3. The van der Waals surface area contributed by atoms with Crippen molar-refractivity contribution in [2.24, 2.45) is 0 Å². The predicted octanol–water partition coefficient (Wildman–Crippen LogP) is 3.22. The lowest BCUT2D eigenvalue weighted by atomic mass is 10.2. The van der Waals surface area contributed by atoms with Crippen molar-refractivity contribution in [3.63, 3.8) is 0 Å². The van der Waals surface area contributed by atoms with Crippen LogP contribution in [-0.4, -0.2) is 42.9 Å². The lowest BCUT2D eigenvalue weighted by molar-refractivity contribution is -0.139. The molecule has 9 heteroatoms. The molecule has 1 amide bonds. The summed E-state index contributed by atoms with van der Waals surface area (Å²) in [6.45, 7) is 2.07. The molecule has 0 heterocycles. The van der Waals surface area contributed by atoms with Crippen LogP contribution >= 0.6 is 11.8 Å². The van der Waals surface area contributed by atoms with Gasteiger partial charge in [0.25, 0.3) is 5.91 Å². The second-order valence-electron chi connectivity index (χ2n) is 6.56. The molecule has 0 unspecified atom stereocenters. The van der Waals surface area contributed by atoms with Crippen molar-refractivity contribution in [2.45, 2.75) is 13.5 Å². The van der Waals surface area contributed by atoms with Crippen molar-refractivity contribution in [3.8, 4) is 11.5 Å². The molecule has 8 nitrogen and oxygen atoms in total. The number of ketones is 1. The van der Waals surface area contributed by atoms with Crippen LogP contribution in [0.2, 0.25) is 0 Å². The Labute approximate surface area is 202 Å². The third kappa shape index (κ3) is 10.2. The summed E-state index contributed by atoms with van der Waals surface area (Å²) < 4.78 is 15.9. The highest BCUT2D eigenvalue weighted by atomic mass is 32.2. The van der Waals surface area contributed by atoms with Gasteiger partial charge >= 0.3 is 5.97 Å². The van der Waals surface area contributed by atoms with Crippen LogP contribution in [0, 0.1) is 0 Å². The minimum atomic E-state index is -0.534. The lowest BCUT2D eigenvalue weighted by Gasteiger charge is -2.08. The topological polar surface area (TPSA) is 108 Å². The third-order valence-corrected chi connectivity index (χ3v) is 5.06. The van der Waals surface area contributed by atoms with Crippen molar-refractivity contribution in [3.05, 3.63) is 83.4 Å². The first-order chi connectivity index (χ1) is 16.5. The summed E-state index contributed by atoms with van der Waals surface area (Å²) >= 11 is 0.879. The van der Waals surface area contributed by atoms with Gasteiger partial charge in [-0.2, -0.15) is 0 Å². The fraction of sp³-hybridized carbons (Fsp3) is 0.200. The number of amides is 1. The number of hydrogen-bond acceptors (Lipinski definition) is 8. The molecule has 0 atom stereocenters. The molecule has 178 valence electrons. The molecule has 0 aromatic heterocycles. The highest BCUT2D eigenvalue weighted by Crippen LogP contribution is 2.19. The van der Waals surface area contributed by atoms with Crippen molar-refractivity contribution in [1.82, 2.24) is 5.32 Å². The molecule has 2 aromatic carbocycles. The van der Waals surface area contributed by atoms with Gasteiger partial charge in [-0.05, 0) is 42.8 Å². The maximum absolute atomic E-state index is 12.2. The van der Waals surface area contributed by atoms with E-state index in [2.05, 4.69) is 5.32 Å². The van der Waals surface area contributed by atoms with E-state index in [9.17, 15) is 19.2 Å². The molecular formula is C25H25NO7S. The van der Waals surface area contributed by atoms with Gasteiger partial charge in [0, 0.05) is 12.3 Å². The fourth-order valence-corrected chi connectivity index (χ4v) is 3.18. The maximum atomic E-state index is 12.2. The van der Waals surface area contributed by atoms with E-state index < -0.39 is 17.7 Å². The van der Waals surface area contributed by atoms with Crippen LogP contribution in [-0.2, 0) is 30.5 Å². The molecule has 2 aromatic rings. The molecule has 2 rings (SSSR count). The Morgan fingerprint density at radius 3 is 2.29 bits per heavy atom. The molecule has 0 radical (unpaired) electrons. The first-order valence-electron chi connectivity index (χ1n) is 10.4. The average molecular weight is 484 g/mol. The number of benzene rings is 2. The van der Waals surface area contributed by atoms with Crippen LogP contribution in [0.3, 0.4) is 0 Å². The van der Waals surface area contributed by atoms with Gasteiger partial charge in [-0.1, -0.05) is 30.3 Å². The normalized spacial score (nSPS) is 11.0. The van der Waals surface area contributed by atoms with Gasteiger partial charge < -0.3 is 19.5 Å². The van der Waals surface area contributed by atoms with Gasteiger partial charge in [0.1, 0.15) is 24.4 Å². The molecule has 34 heavy (non-hydrogen) atoms. The summed E-state index contributed by atoms with van der Waals surface area (Å²) in [5.74, 6) is -0.468. The highest BCUT2D eigenvalue weighted by molar-refractivity contribution is 8.04. The summed E-state index contributed by atoms with van der Waals surface area (Å²) in [5, 5.41) is 2.41. The van der Waals surface area contributed by atoms with Crippen LogP contribution < -0.4 is 14.8 Å². The van der Waals surface area contributed by atoms with Gasteiger partial charge in [-0.3, -0.25) is 19.2 Å². The van der Waals surface area contributed by atoms with E-state index >= 15 is 0 Å². The average Bonchev–Trinajstić information content (AvgIpc) is 2.85. The standard InChI is InChI=1S/C25H25NO7S/c1-2-31-25(30)18-34-23(13-15-27)22(28)12-14-26-24(29)17-33-21-10-8-20(9-11-21)32-16-19-6-4-3-5-7-19/h3-15H,2,16-18H2,1H3,(H,26,29). The summed E-state index contributed by atoms with van der Waals surface area (Å²) in [4.78, 5) is 46.3. The monoisotopic (exact) mass is 483 g/mol. The molecule has 0 fully saturated rings. The maximum Gasteiger partial charge on any atom is 0.316 e. The summed E-state index contributed by atoms with van der Waals surface area (Å²) in [5.41, 5.74) is 1.05. The fourth-order valence-electron chi connectivity index (χ4n) is 2.46. The van der Waals surface area contributed by atoms with Crippen molar-refractivity contribution in [2.75, 3.05) is 19.0 Å². The Kier molecular flexibility index (Phi) is 11.7. The number of nitrogens with one attached hydrogen (secondary N) is 1. The third-order valence-electron chi connectivity index (χ3n) is 4.03. The number of carbonyl (C=O) groups excluding carboxylic acids is 4. The highest BCUT2D eigenvalue weighted by Gasteiger charge is 2.11. The number of carbonyl (C=O) groups is 4. The molecule has 0 aliphatic carbocycles. The van der Waals surface area contributed by atoms with Gasteiger partial charge in [-0.15, -0.1) is 11.8 Å². The van der Waals surface area contributed by atoms with Crippen LogP contribution in [0.1, 0.15) is 12.5 Å². The second kappa shape index (κ2) is 15.1. The van der Waals surface area contributed by atoms with E-state index in [4.69, 9.17) is 14.2 Å². The zero-order valence-corrected chi connectivity index (χ0v) is 19.4. The van der Waals surface area contributed by atoms with E-state index in [-0.39, 0.29) is 23.9 Å². The molecule has 0 saturated heterocycles. The Morgan fingerprint density at radius 2 is 1.65 bits per heavy atom. The zero-order valence-electron chi connectivity index (χ0n) is 18.6. The Bertz CT molecular complexity index is 1020. The Balaban J connectivity index is 1.74. The van der Waals surface area contributed by atoms with Crippen LogP contribution in [0.15, 0.2) is 77.9 Å². The largest absolute Gasteiger partial charge is 0.489 e. The summed E-state index contributed by atoms with van der Waals surface area (Å²) in [6.07, 6.45) is 3.74. The molecule has 0 bridgehead atoms. The summed E-state index contributed by atoms with van der Waals surface area (Å²) in [7, 11) is 0. The Morgan fingerprint density at radius 1 is 0.971 bits per heavy atom. The molecule has 1 N–H and O–H groups in total. The van der Waals surface area contributed by atoms with Gasteiger partial charge in [-0.25, -0.2) is 0 Å². The SMILES string of the molecule is CCOC(=O)CSC(=CC=O)C(=O)C=CNC(=O)COc1ccc(OCc2ccccc2)cc1. The lowest BCUT2D eigenvalue weighted by Crippen LogP contribution is -2.24.